The molecule has 0 aromatic heterocycles. The summed E-state index contributed by atoms with van der Waals surface area (Å²) in [6.45, 7) is 1.39. The van der Waals surface area contributed by atoms with Crippen molar-refractivity contribution in [3.63, 3.8) is 0 Å². The SMILES string of the molecule is O=CN1CC=C(c2ccc(F)cc2)CC1. The van der Waals surface area contributed by atoms with E-state index in [1.807, 2.05) is 6.08 Å². The molecule has 0 unspecified atom stereocenters. The van der Waals surface area contributed by atoms with Crippen molar-refractivity contribution in [2.24, 2.45) is 0 Å². The first kappa shape index (κ1) is 9.90. The van der Waals surface area contributed by atoms with Gasteiger partial charge < -0.3 is 4.90 Å². The van der Waals surface area contributed by atoms with Crippen molar-refractivity contribution in [2.75, 3.05) is 13.1 Å². The Morgan fingerprint density at radius 1 is 1.27 bits per heavy atom. The highest BCUT2D eigenvalue weighted by Gasteiger charge is 2.10. The highest BCUT2D eigenvalue weighted by molar-refractivity contribution is 5.67. The molecule has 0 atom stereocenters. The van der Waals surface area contributed by atoms with Crippen LogP contribution in [0.5, 0.6) is 0 Å². The molecule has 2 nitrogen and oxygen atoms in total. The van der Waals surface area contributed by atoms with Gasteiger partial charge in [0, 0.05) is 13.1 Å². The Morgan fingerprint density at radius 3 is 2.53 bits per heavy atom. The summed E-state index contributed by atoms with van der Waals surface area (Å²) < 4.78 is 12.7. The first-order valence-electron chi connectivity index (χ1n) is 4.94. The van der Waals surface area contributed by atoms with E-state index >= 15 is 0 Å². The van der Waals surface area contributed by atoms with Gasteiger partial charge in [0.15, 0.2) is 0 Å². The largest absolute Gasteiger partial charge is 0.341 e. The minimum Gasteiger partial charge on any atom is -0.341 e. The van der Waals surface area contributed by atoms with Gasteiger partial charge >= 0.3 is 0 Å². The van der Waals surface area contributed by atoms with Gasteiger partial charge in [-0.3, -0.25) is 4.79 Å². The van der Waals surface area contributed by atoms with Crippen LogP contribution in [0.1, 0.15) is 12.0 Å². The number of carbonyl (C=O) groups is 1. The molecule has 1 aromatic carbocycles. The molecule has 3 heteroatoms. The van der Waals surface area contributed by atoms with Crippen LogP contribution in [0.25, 0.3) is 5.57 Å². The van der Waals surface area contributed by atoms with E-state index in [0.717, 1.165) is 24.9 Å². The van der Waals surface area contributed by atoms with Gasteiger partial charge in [0.1, 0.15) is 5.82 Å². The number of hydrogen-bond donors (Lipinski definition) is 0. The molecule has 0 spiro atoms. The number of hydrogen-bond acceptors (Lipinski definition) is 1. The van der Waals surface area contributed by atoms with Crippen LogP contribution in [0.2, 0.25) is 0 Å². The second-order valence-electron chi connectivity index (χ2n) is 3.59. The van der Waals surface area contributed by atoms with Crippen LogP contribution in [0.3, 0.4) is 0 Å². The van der Waals surface area contributed by atoms with E-state index in [-0.39, 0.29) is 5.82 Å². The molecule has 0 aliphatic carbocycles. The zero-order valence-corrected chi connectivity index (χ0v) is 8.32. The van der Waals surface area contributed by atoms with E-state index in [2.05, 4.69) is 0 Å². The van der Waals surface area contributed by atoms with Crippen LogP contribution < -0.4 is 0 Å². The van der Waals surface area contributed by atoms with Crippen LogP contribution in [0.15, 0.2) is 30.3 Å². The number of rotatable bonds is 2. The van der Waals surface area contributed by atoms with Crippen LogP contribution in [0, 0.1) is 5.82 Å². The first-order chi connectivity index (χ1) is 7.29. The van der Waals surface area contributed by atoms with Crippen LogP contribution in [-0.2, 0) is 4.79 Å². The predicted molar refractivity (Wildman–Crippen MR) is 56.6 cm³/mol. The molecule has 2 rings (SSSR count). The van der Waals surface area contributed by atoms with Crippen molar-refractivity contribution in [1.82, 2.24) is 4.90 Å². The molecule has 0 fully saturated rings. The molecule has 0 saturated carbocycles. The Bertz CT molecular complexity index is 383. The Hall–Kier alpha value is -1.64. The molecule has 1 aliphatic heterocycles. The molecule has 1 heterocycles. The fourth-order valence-corrected chi connectivity index (χ4v) is 1.71. The zero-order valence-electron chi connectivity index (χ0n) is 8.32. The Balaban J connectivity index is 2.15. The van der Waals surface area contributed by atoms with Gasteiger partial charge in [0.25, 0.3) is 0 Å². The summed E-state index contributed by atoms with van der Waals surface area (Å²) in [6.07, 6.45) is 3.72. The molecule has 15 heavy (non-hydrogen) atoms. The molecular weight excluding hydrogens is 193 g/mol. The summed E-state index contributed by atoms with van der Waals surface area (Å²) in [7, 11) is 0. The number of amides is 1. The highest BCUT2D eigenvalue weighted by atomic mass is 19.1. The van der Waals surface area contributed by atoms with Crippen molar-refractivity contribution in [3.8, 4) is 0 Å². The molecule has 0 saturated heterocycles. The molecule has 0 radical (unpaired) electrons. The average Bonchev–Trinajstić information content (AvgIpc) is 2.30. The van der Waals surface area contributed by atoms with Gasteiger partial charge in [-0.1, -0.05) is 18.2 Å². The fraction of sp³-hybridized carbons (Fsp3) is 0.250. The van der Waals surface area contributed by atoms with Gasteiger partial charge in [-0.05, 0) is 29.7 Å². The van der Waals surface area contributed by atoms with Crippen LogP contribution in [-0.4, -0.2) is 24.4 Å². The zero-order chi connectivity index (χ0) is 10.7. The summed E-state index contributed by atoms with van der Waals surface area (Å²) in [5, 5.41) is 0. The third kappa shape index (κ3) is 2.24. The second kappa shape index (κ2) is 4.26. The van der Waals surface area contributed by atoms with Crippen LogP contribution in [0.4, 0.5) is 4.39 Å². The minimum absolute atomic E-state index is 0.218. The number of benzene rings is 1. The fourth-order valence-electron chi connectivity index (χ4n) is 1.71. The van der Waals surface area contributed by atoms with E-state index in [1.54, 1.807) is 17.0 Å². The molecule has 1 aliphatic rings. The van der Waals surface area contributed by atoms with Crippen molar-refractivity contribution >= 4 is 12.0 Å². The smallest absolute Gasteiger partial charge is 0.209 e. The van der Waals surface area contributed by atoms with Gasteiger partial charge in [-0.2, -0.15) is 0 Å². The highest BCUT2D eigenvalue weighted by Crippen LogP contribution is 2.21. The monoisotopic (exact) mass is 205 g/mol. The molecule has 78 valence electrons. The van der Waals surface area contributed by atoms with E-state index in [9.17, 15) is 9.18 Å². The summed E-state index contributed by atoms with van der Waals surface area (Å²) in [4.78, 5) is 12.2. The van der Waals surface area contributed by atoms with Crippen molar-refractivity contribution in [3.05, 3.63) is 41.7 Å². The Morgan fingerprint density at radius 2 is 2.00 bits per heavy atom. The van der Waals surface area contributed by atoms with E-state index < -0.39 is 0 Å². The van der Waals surface area contributed by atoms with E-state index in [0.29, 0.717) is 6.54 Å². The lowest BCUT2D eigenvalue weighted by Gasteiger charge is -2.22. The van der Waals surface area contributed by atoms with Crippen LogP contribution >= 0.6 is 0 Å². The van der Waals surface area contributed by atoms with Crippen molar-refractivity contribution in [2.45, 2.75) is 6.42 Å². The number of halogens is 1. The number of nitrogens with zero attached hydrogens (tertiary/aromatic N) is 1. The molecule has 0 bridgehead atoms. The Kier molecular flexibility index (Phi) is 2.81. The lowest BCUT2D eigenvalue weighted by molar-refractivity contribution is -0.117. The molecule has 0 N–H and O–H groups in total. The average molecular weight is 205 g/mol. The quantitative estimate of drug-likeness (QED) is 0.677. The third-order valence-electron chi connectivity index (χ3n) is 2.60. The topological polar surface area (TPSA) is 20.3 Å². The lowest BCUT2D eigenvalue weighted by atomic mass is 10.00. The summed E-state index contributed by atoms with van der Waals surface area (Å²) in [6, 6.07) is 6.47. The minimum atomic E-state index is -0.218. The Labute approximate surface area is 88.0 Å². The maximum atomic E-state index is 12.7. The maximum Gasteiger partial charge on any atom is 0.209 e. The normalized spacial score (nSPS) is 16.1. The molecule has 1 aromatic rings. The van der Waals surface area contributed by atoms with E-state index in [1.165, 1.54) is 17.7 Å². The lowest BCUT2D eigenvalue weighted by Crippen LogP contribution is -2.26. The summed E-state index contributed by atoms with van der Waals surface area (Å²) in [5.41, 5.74) is 2.23. The summed E-state index contributed by atoms with van der Waals surface area (Å²) >= 11 is 0. The van der Waals surface area contributed by atoms with Gasteiger partial charge in [0.05, 0.1) is 0 Å². The standard InChI is InChI=1S/C12H12FNO/c13-12-3-1-10(2-4-12)11-5-7-14(9-15)8-6-11/h1-5,9H,6-8H2. The van der Waals surface area contributed by atoms with E-state index in [4.69, 9.17) is 0 Å². The number of carbonyl (C=O) groups excluding carboxylic acids is 1. The van der Waals surface area contributed by atoms with Crippen molar-refractivity contribution in [1.29, 1.82) is 0 Å². The van der Waals surface area contributed by atoms with Gasteiger partial charge in [-0.25, -0.2) is 4.39 Å². The predicted octanol–water partition coefficient (Wildman–Crippen LogP) is 2.07. The summed E-state index contributed by atoms with van der Waals surface area (Å²) in [5.74, 6) is -0.218. The first-order valence-corrected chi connectivity index (χ1v) is 4.94. The third-order valence-corrected chi connectivity index (χ3v) is 2.60. The molecule has 1 amide bonds. The second-order valence-corrected chi connectivity index (χ2v) is 3.59. The maximum absolute atomic E-state index is 12.7. The molecular formula is C12H12FNO. The van der Waals surface area contributed by atoms with Gasteiger partial charge in [-0.15, -0.1) is 0 Å². The van der Waals surface area contributed by atoms with Crippen molar-refractivity contribution < 1.29 is 9.18 Å². The van der Waals surface area contributed by atoms with Gasteiger partial charge in [0.2, 0.25) is 6.41 Å².